The molecule has 1 atom stereocenters. The number of halogens is 1. The third-order valence-corrected chi connectivity index (χ3v) is 3.37. The normalized spacial score (nSPS) is 13.4. The van der Waals surface area contributed by atoms with E-state index in [9.17, 15) is 4.79 Å². The van der Waals surface area contributed by atoms with Gasteiger partial charge in [0.05, 0.1) is 13.7 Å². The molecular formula is C14H16BrNO2. The Balaban J connectivity index is 3.25. The van der Waals surface area contributed by atoms with Gasteiger partial charge in [0.25, 0.3) is 0 Å². The molecule has 18 heavy (non-hydrogen) atoms. The first-order chi connectivity index (χ1) is 8.60. The molecule has 1 aromatic rings. The number of benzene rings is 1. The summed E-state index contributed by atoms with van der Waals surface area (Å²) in [7, 11) is 1.38. The summed E-state index contributed by atoms with van der Waals surface area (Å²) >= 11 is 3.40. The summed E-state index contributed by atoms with van der Waals surface area (Å²) in [6, 6.07) is 7.56. The van der Waals surface area contributed by atoms with Crippen LogP contribution in [-0.4, -0.2) is 19.6 Å². The molecule has 0 amide bonds. The van der Waals surface area contributed by atoms with Crippen LogP contribution in [0.1, 0.15) is 18.9 Å². The number of hydrogen-bond acceptors (Lipinski definition) is 3. The maximum absolute atomic E-state index is 12.1. The Morgan fingerprint density at radius 3 is 2.83 bits per heavy atom. The van der Waals surface area contributed by atoms with Crippen molar-refractivity contribution >= 4 is 21.9 Å². The minimum Gasteiger partial charge on any atom is -0.467 e. The number of esters is 1. The maximum atomic E-state index is 12.1. The number of carbonyl (C=O) groups excluding carboxylic acids is 1. The molecule has 0 aliphatic rings. The van der Waals surface area contributed by atoms with Crippen molar-refractivity contribution in [3.63, 3.8) is 0 Å². The number of terminal acetylenes is 1. The van der Waals surface area contributed by atoms with Gasteiger partial charge in [-0.05, 0) is 24.1 Å². The van der Waals surface area contributed by atoms with Gasteiger partial charge in [0.1, 0.15) is 5.54 Å². The number of nitrogens with one attached hydrogen (secondary N) is 1. The molecular weight excluding hydrogens is 294 g/mol. The van der Waals surface area contributed by atoms with E-state index in [0.717, 1.165) is 10.0 Å². The second-order valence-corrected chi connectivity index (χ2v) is 4.73. The molecule has 4 heteroatoms. The van der Waals surface area contributed by atoms with Crippen LogP contribution >= 0.6 is 15.9 Å². The number of ether oxygens (including phenoxy) is 1. The molecule has 0 aromatic heterocycles. The van der Waals surface area contributed by atoms with Crippen molar-refractivity contribution in [2.75, 3.05) is 13.7 Å². The molecule has 1 N–H and O–H groups in total. The summed E-state index contributed by atoms with van der Waals surface area (Å²) < 4.78 is 5.82. The Hall–Kier alpha value is -1.31. The van der Waals surface area contributed by atoms with E-state index in [-0.39, 0.29) is 5.97 Å². The van der Waals surface area contributed by atoms with Crippen molar-refractivity contribution in [1.29, 1.82) is 0 Å². The maximum Gasteiger partial charge on any atom is 0.330 e. The highest BCUT2D eigenvalue weighted by Crippen LogP contribution is 2.28. The van der Waals surface area contributed by atoms with E-state index in [0.29, 0.717) is 13.0 Å². The van der Waals surface area contributed by atoms with Crippen molar-refractivity contribution < 1.29 is 9.53 Å². The fourth-order valence-corrected chi connectivity index (χ4v) is 2.29. The summed E-state index contributed by atoms with van der Waals surface area (Å²) in [6.45, 7) is 2.22. The fourth-order valence-electron chi connectivity index (χ4n) is 1.90. The summed E-state index contributed by atoms with van der Waals surface area (Å²) in [5.41, 5.74) is -0.0632. The minimum absolute atomic E-state index is 0.301. The van der Waals surface area contributed by atoms with Gasteiger partial charge in [0.2, 0.25) is 0 Å². The number of rotatable bonds is 5. The molecule has 0 saturated heterocycles. The van der Waals surface area contributed by atoms with E-state index in [1.54, 1.807) is 0 Å². The van der Waals surface area contributed by atoms with E-state index in [1.165, 1.54) is 7.11 Å². The highest BCUT2D eigenvalue weighted by atomic mass is 79.9. The highest BCUT2D eigenvalue weighted by molar-refractivity contribution is 9.10. The van der Waals surface area contributed by atoms with Gasteiger partial charge >= 0.3 is 5.97 Å². The van der Waals surface area contributed by atoms with Crippen LogP contribution in [0.25, 0.3) is 0 Å². The van der Waals surface area contributed by atoms with E-state index < -0.39 is 5.54 Å². The SMILES string of the molecule is C#CCNC(CC)(C(=O)OC)c1cccc(Br)c1. The summed E-state index contributed by atoms with van der Waals surface area (Å²) in [5, 5.41) is 3.10. The lowest BCUT2D eigenvalue weighted by Gasteiger charge is -2.31. The summed E-state index contributed by atoms with van der Waals surface area (Å²) in [6.07, 6.45) is 5.82. The Labute approximate surface area is 116 Å². The molecule has 1 unspecified atom stereocenters. The first-order valence-electron chi connectivity index (χ1n) is 5.63. The van der Waals surface area contributed by atoms with Crippen LogP contribution in [0.15, 0.2) is 28.7 Å². The van der Waals surface area contributed by atoms with Crippen LogP contribution in [0.5, 0.6) is 0 Å². The third kappa shape index (κ3) is 2.92. The number of hydrogen-bond donors (Lipinski definition) is 1. The first kappa shape index (κ1) is 14.7. The van der Waals surface area contributed by atoms with Gasteiger partial charge < -0.3 is 4.74 Å². The van der Waals surface area contributed by atoms with Gasteiger partial charge in [-0.3, -0.25) is 5.32 Å². The molecule has 0 saturated carbocycles. The van der Waals surface area contributed by atoms with Crippen LogP contribution in [0.2, 0.25) is 0 Å². The Kier molecular flexibility index (Phi) is 5.39. The van der Waals surface area contributed by atoms with Gasteiger partial charge in [-0.25, -0.2) is 4.79 Å². The van der Waals surface area contributed by atoms with E-state index >= 15 is 0 Å². The van der Waals surface area contributed by atoms with Crippen LogP contribution < -0.4 is 5.32 Å². The lowest BCUT2D eigenvalue weighted by Crippen LogP contribution is -2.49. The van der Waals surface area contributed by atoms with Crippen LogP contribution in [0, 0.1) is 12.3 Å². The smallest absolute Gasteiger partial charge is 0.330 e. The zero-order valence-electron chi connectivity index (χ0n) is 10.5. The molecule has 0 aliphatic heterocycles. The Bertz CT molecular complexity index is 467. The van der Waals surface area contributed by atoms with Gasteiger partial charge in [-0.2, -0.15) is 0 Å². The van der Waals surface area contributed by atoms with Gasteiger partial charge in [-0.1, -0.05) is 40.9 Å². The molecule has 0 aliphatic carbocycles. The van der Waals surface area contributed by atoms with Gasteiger partial charge in [0, 0.05) is 4.47 Å². The summed E-state index contributed by atoms with van der Waals surface area (Å²) in [5.74, 6) is 2.16. The molecule has 0 fully saturated rings. The van der Waals surface area contributed by atoms with Crippen LogP contribution in [-0.2, 0) is 15.1 Å². The lowest BCUT2D eigenvalue weighted by molar-refractivity contribution is -0.149. The number of methoxy groups -OCH3 is 1. The third-order valence-electron chi connectivity index (χ3n) is 2.87. The predicted octanol–water partition coefficient (Wildman–Crippen LogP) is 2.45. The lowest BCUT2D eigenvalue weighted by atomic mass is 9.87. The predicted molar refractivity (Wildman–Crippen MR) is 75.0 cm³/mol. The molecule has 96 valence electrons. The number of carbonyl (C=O) groups is 1. The van der Waals surface area contributed by atoms with Crippen molar-refractivity contribution in [3.8, 4) is 12.3 Å². The molecule has 3 nitrogen and oxygen atoms in total. The monoisotopic (exact) mass is 309 g/mol. The quantitative estimate of drug-likeness (QED) is 0.671. The second kappa shape index (κ2) is 6.58. The molecule has 0 bridgehead atoms. The van der Waals surface area contributed by atoms with Crippen molar-refractivity contribution in [1.82, 2.24) is 5.32 Å². The van der Waals surface area contributed by atoms with Gasteiger partial charge in [0.15, 0.2) is 0 Å². The topological polar surface area (TPSA) is 38.3 Å². The van der Waals surface area contributed by atoms with Crippen molar-refractivity contribution in [3.05, 3.63) is 34.3 Å². The van der Waals surface area contributed by atoms with Crippen molar-refractivity contribution in [2.24, 2.45) is 0 Å². The molecule has 1 aromatic carbocycles. The highest BCUT2D eigenvalue weighted by Gasteiger charge is 2.39. The van der Waals surface area contributed by atoms with Crippen LogP contribution in [0.4, 0.5) is 0 Å². The van der Waals surface area contributed by atoms with E-state index in [4.69, 9.17) is 11.2 Å². The standard InChI is InChI=1S/C14H16BrNO2/c1-4-9-16-14(5-2,13(17)18-3)11-7-6-8-12(15)10-11/h1,6-8,10,16H,5,9H2,2-3H3. The molecule has 0 radical (unpaired) electrons. The van der Waals surface area contributed by atoms with E-state index in [2.05, 4.69) is 27.2 Å². The zero-order chi connectivity index (χ0) is 13.6. The van der Waals surface area contributed by atoms with Crippen LogP contribution in [0.3, 0.4) is 0 Å². The largest absolute Gasteiger partial charge is 0.467 e. The van der Waals surface area contributed by atoms with Crippen molar-refractivity contribution in [2.45, 2.75) is 18.9 Å². The van der Waals surface area contributed by atoms with Gasteiger partial charge in [-0.15, -0.1) is 6.42 Å². The molecule has 1 rings (SSSR count). The Morgan fingerprint density at radius 2 is 2.33 bits per heavy atom. The fraction of sp³-hybridized carbons (Fsp3) is 0.357. The second-order valence-electron chi connectivity index (χ2n) is 3.82. The minimum atomic E-state index is -0.898. The first-order valence-corrected chi connectivity index (χ1v) is 6.43. The average molecular weight is 310 g/mol. The molecule has 0 spiro atoms. The summed E-state index contributed by atoms with van der Waals surface area (Å²) in [4.78, 5) is 12.1. The average Bonchev–Trinajstić information content (AvgIpc) is 2.39. The zero-order valence-corrected chi connectivity index (χ0v) is 12.1. The van der Waals surface area contributed by atoms with E-state index in [1.807, 2.05) is 31.2 Å². The molecule has 0 heterocycles. The Morgan fingerprint density at radius 1 is 1.61 bits per heavy atom.